The van der Waals surface area contributed by atoms with E-state index in [2.05, 4.69) is 28.0 Å². The highest BCUT2D eigenvalue weighted by molar-refractivity contribution is 5.83. The third-order valence-electron chi connectivity index (χ3n) is 3.56. The second-order valence-electron chi connectivity index (χ2n) is 5.85. The molecule has 0 spiro atoms. The van der Waals surface area contributed by atoms with Crippen LogP contribution in [0.25, 0.3) is 10.8 Å². The lowest BCUT2D eigenvalue weighted by atomic mass is 10.1. The fourth-order valence-electron chi connectivity index (χ4n) is 2.28. The van der Waals surface area contributed by atoms with Gasteiger partial charge in [-0.1, -0.05) is 43.8 Å². The predicted octanol–water partition coefficient (Wildman–Crippen LogP) is 3.99. The van der Waals surface area contributed by atoms with Crippen molar-refractivity contribution in [2.75, 3.05) is 7.11 Å². The van der Waals surface area contributed by atoms with Crippen LogP contribution in [0.5, 0.6) is 5.75 Å². The maximum Gasteiger partial charge on any atom is 0.303 e. The molecule has 0 bridgehead atoms. The maximum atomic E-state index is 10.6. The van der Waals surface area contributed by atoms with E-state index in [-0.39, 0.29) is 20.6 Å². The third kappa shape index (κ3) is 12.7. The minimum atomic E-state index is -1.50. The number of ether oxygens (including phenoxy) is 2. The van der Waals surface area contributed by atoms with E-state index in [0.29, 0.717) is 11.4 Å². The average molecular weight is 463 g/mol. The molecule has 1 aromatic heterocycles. The third-order valence-corrected chi connectivity index (χ3v) is 3.56. The van der Waals surface area contributed by atoms with E-state index in [1.54, 1.807) is 25.3 Å². The van der Waals surface area contributed by atoms with E-state index < -0.39 is 16.1 Å². The largest absolute Gasteiger partial charge is 0.497 e. The highest BCUT2D eigenvalue weighted by Crippen LogP contribution is 2.19. The fourth-order valence-corrected chi connectivity index (χ4v) is 2.28. The SMILES string of the molecule is C.CC(=O)OCc1cccc(CO[N+](=O)[O-])n1.COc1ccc2ccccc2c1.O=[N+]([O-])O. The van der Waals surface area contributed by atoms with Crippen molar-refractivity contribution < 1.29 is 34.5 Å². The Balaban J connectivity index is 0.000000532. The quantitative estimate of drug-likeness (QED) is 0.321. The lowest BCUT2D eigenvalue weighted by molar-refractivity contribution is -0.763. The second kappa shape index (κ2) is 15.3. The molecule has 3 rings (SSSR count). The van der Waals surface area contributed by atoms with Crippen LogP contribution >= 0.6 is 0 Å². The van der Waals surface area contributed by atoms with Gasteiger partial charge < -0.3 is 19.5 Å². The van der Waals surface area contributed by atoms with Crippen LogP contribution in [0.15, 0.2) is 60.7 Å². The molecule has 0 fully saturated rings. The zero-order valence-electron chi connectivity index (χ0n) is 17.2. The Hall–Kier alpha value is -4.48. The lowest BCUT2D eigenvalue weighted by Crippen LogP contribution is -2.05. The van der Waals surface area contributed by atoms with E-state index in [0.717, 1.165) is 5.75 Å². The van der Waals surface area contributed by atoms with Gasteiger partial charge in [-0.2, -0.15) is 0 Å². The summed E-state index contributed by atoms with van der Waals surface area (Å²) < 4.78 is 9.85. The van der Waals surface area contributed by atoms with Gasteiger partial charge in [0.2, 0.25) is 0 Å². The van der Waals surface area contributed by atoms with Crippen molar-refractivity contribution >= 4 is 16.7 Å². The zero-order chi connectivity index (χ0) is 23.9. The van der Waals surface area contributed by atoms with Gasteiger partial charge in [0, 0.05) is 6.92 Å². The summed E-state index contributed by atoms with van der Waals surface area (Å²) in [4.78, 5) is 37.0. The Morgan fingerprint density at radius 3 is 2.09 bits per heavy atom. The maximum absolute atomic E-state index is 10.6. The van der Waals surface area contributed by atoms with Crippen LogP contribution in [-0.2, 0) is 27.6 Å². The van der Waals surface area contributed by atoms with Crippen LogP contribution in [0.1, 0.15) is 25.7 Å². The monoisotopic (exact) mass is 463 g/mol. The highest BCUT2D eigenvalue weighted by atomic mass is 16.9. The summed E-state index contributed by atoms with van der Waals surface area (Å²) in [7, 11) is 1.68. The van der Waals surface area contributed by atoms with Crippen LogP contribution in [0.3, 0.4) is 0 Å². The first kappa shape index (κ1) is 28.5. The molecule has 0 radical (unpaired) electrons. The van der Waals surface area contributed by atoms with Crippen molar-refractivity contribution in [2.45, 2.75) is 27.6 Å². The molecule has 2 aromatic carbocycles. The number of carbonyl (C=O) groups is 1. The highest BCUT2D eigenvalue weighted by Gasteiger charge is 2.02. The van der Waals surface area contributed by atoms with E-state index in [4.69, 9.17) is 24.8 Å². The Bertz CT molecular complexity index is 1010. The number of nitrogens with zero attached hydrogens (tertiary/aromatic N) is 3. The smallest absolute Gasteiger partial charge is 0.303 e. The summed E-state index contributed by atoms with van der Waals surface area (Å²) in [5.41, 5.74) is 0.918. The van der Waals surface area contributed by atoms with Gasteiger partial charge in [-0.05, 0) is 35.0 Å². The Kier molecular flexibility index (Phi) is 13.3. The number of pyridine rings is 1. The van der Waals surface area contributed by atoms with Crippen molar-refractivity contribution in [3.63, 3.8) is 0 Å². The summed E-state index contributed by atoms with van der Waals surface area (Å²) in [6.45, 7) is 1.11. The summed E-state index contributed by atoms with van der Waals surface area (Å²) in [6, 6.07) is 19.2. The number of carbonyl (C=O) groups excluding carboxylic acids is 1. The molecule has 0 amide bonds. The Morgan fingerprint density at radius 2 is 1.55 bits per heavy atom. The molecule has 1 heterocycles. The van der Waals surface area contributed by atoms with Crippen molar-refractivity contribution in [3.05, 3.63) is 92.3 Å². The molecule has 0 aliphatic rings. The molecule has 12 heteroatoms. The van der Waals surface area contributed by atoms with Gasteiger partial charge in [0.25, 0.3) is 10.2 Å². The fraction of sp³-hybridized carbons (Fsp3) is 0.238. The number of benzene rings is 2. The molecule has 178 valence electrons. The van der Waals surface area contributed by atoms with Gasteiger partial charge >= 0.3 is 5.97 Å². The molecule has 0 unspecified atom stereocenters. The molecule has 1 N–H and O–H groups in total. The number of fused-ring (bicyclic) bond motifs is 1. The molecule has 33 heavy (non-hydrogen) atoms. The summed E-state index contributed by atoms with van der Waals surface area (Å²) in [5.74, 6) is 0.502. The predicted molar refractivity (Wildman–Crippen MR) is 118 cm³/mol. The van der Waals surface area contributed by atoms with Crippen molar-refractivity contribution in [1.82, 2.24) is 4.98 Å². The summed E-state index contributed by atoms with van der Waals surface area (Å²) in [5, 5.41) is 25.2. The summed E-state index contributed by atoms with van der Waals surface area (Å²) >= 11 is 0. The van der Waals surface area contributed by atoms with Gasteiger partial charge in [-0.3, -0.25) is 9.78 Å². The average Bonchev–Trinajstić information content (AvgIpc) is 2.76. The van der Waals surface area contributed by atoms with Crippen molar-refractivity contribution in [1.29, 1.82) is 0 Å². The first-order valence-corrected chi connectivity index (χ1v) is 8.92. The number of methoxy groups -OCH3 is 1. The standard InChI is InChI=1S/C11H10O.C9H10N2O5.CH4.HNO3/c1-12-11-7-6-9-4-2-3-5-10(9)8-11;1-7(12)15-5-8-3-2-4-9(10-8)6-16-11(13)14;;2-1(3)4/h2-8H,1H3;2-4H,5-6H2,1H3;1H4;(H,2,3,4). The lowest BCUT2D eigenvalue weighted by Gasteiger charge is -2.03. The van der Waals surface area contributed by atoms with Gasteiger partial charge in [0.1, 0.15) is 19.0 Å². The first-order chi connectivity index (χ1) is 15.2. The van der Waals surface area contributed by atoms with E-state index >= 15 is 0 Å². The minimum Gasteiger partial charge on any atom is -0.497 e. The molecule has 0 atom stereocenters. The van der Waals surface area contributed by atoms with Gasteiger partial charge in [0.05, 0.1) is 18.5 Å². The van der Waals surface area contributed by atoms with Gasteiger partial charge in [0.15, 0.2) is 0 Å². The van der Waals surface area contributed by atoms with Crippen LogP contribution < -0.4 is 4.74 Å². The molecule has 12 nitrogen and oxygen atoms in total. The normalized spacial score (nSPS) is 9.03. The van der Waals surface area contributed by atoms with E-state index in [9.17, 15) is 14.9 Å². The number of rotatable bonds is 6. The van der Waals surface area contributed by atoms with Crippen molar-refractivity contribution in [2.24, 2.45) is 0 Å². The molecular weight excluding hydrogens is 438 g/mol. The number of esters is 1. The summed E-state index contributed by atoms with van der Waals surface area (Å²) in [6.07, 6.45) is 0. The minimum absolute atomic E-state index is 0. The number of aromatic nitrogens is 1. The molecule has 0 aliphatic carbocycles. The molecule has 3 aromatic rings. The topological polar surface area (TPSA) is 164 Å². The first-order valence-electron chi connectivity index (χ1n) is 8.92. The van der Waals surface area contributed by atoms with Crippen LogP contribution in [-0.4, -0.2) is 33.4 Å². The van der Waals surface area contributed by atoms with Crippen LogP contribution in [0.4, 0.5) is 0 Å². The van der Waals surface area contributed by atoms with E-state index in [1.807, 2.05) is 24.3 Å². The Morgan fingerprint density at radius 1 is 0.970 bits per heavy atom. The second-order valence-corrected chi connectivity index (χ2v) is 5.85. The zero-order valence-corrected chi connectivity index (χ0v) is 17.2. The Labute approximate surface area is 189 Å². The van der Waals surface area contributed by atoms with Gasteiger partial charge in [-0.25, -0.2) is 0 Å². The number of hydrogen-bond donors (Lipinski definition) is 1. The number of hydrogen-bond acceptors (Lipinski definition) is 9. The molecule has 0 aliphatic heterocycles. The molecule has 0 saturated carbocycles. The van der Waals surface area contributed by atoms with Crippen LogP contribution in [0, 0.1) is 20.2 Å². The molecule has 0 saturated heterocycles. The van der Waals surface area contributed by atoms with Crippen LogP contribution in [0.2, 0.25) is 0 Å². The van der Waals surface area contributed by atoms with E-state index in [1.165, 1.54) is 17.7 Å². The molecular formula is C21H25N3O9. The van der Waals surface area contributed by atoms with Crippen molar-refractivity contribution in [3.8, 4) is 5.75 Å². The van der Waals surface area contributed by atoms with Gasteiger partial charge in [-0.15, -0.1) is 20.2 Å².